The second-order valence-corrected chi connectivity index (χ2v) is 4.63. The topological polar surface area (TPSA) is 108 Å². The zero-order chi connectivity index (χ0) is 13.3. The van der Waals surface area contributed by atoms with Crippen LogP contribution in [0.15, 0.2) is 21.5 Å². The van der Waals surface area contributed by atoms with Gasteiger partial charge in [0.1, 0.15) is 18.1 Å². The maximum absolute atomic E-state index is 11.5. The largest absolute Gasteiger partial charge is 0.502 e. The van der Waals surface area contributed by atoms with Gasteiger partial charge in [0.2, 0.25) is 5.43 Å². The Hall–Kier alpha value is -1.96. The van der Waals surface area contributed by atoms with E-state index >= 15 is 0 Å². The smallest absolute Gasteiger partial charge is 0.327 e. The van der Waals surface area contributed by atoms with Crippen molar-refractivity contribution in [2.24, 2.45) is 0 Å². The molecule has 1 aromatic heterocycles. The predicted molar refractivity (Wildman–Crippen MR) is 61.5 cm³/mol. The van der Waals surface area contributed by atoms with Crippen LogP contribution in [0.3, 0.4) is 0 Å². The van der Waals surface area contributed by atoms with Crippen molar-refractivity contribution < 1.29 is 24.2 Å². The first-order valence-electron chi connectivity index (χ1n) is 4.96. The molecule has 1 atom stereocenters. The van der Waals surface area contributed by atoms with Gasteiger partial charge in [0.05, 0.1) is 6.54 Å². The molecule has 1 fully saturated rings. The highest BCUT2D eigenvalue weighted by molar-refractivity contribution is 8.13. The maximum atomic E-state index is 11.5. The average molecular weight is 271 g/mol. The van der Waals surface area contributed by atoms with Crippen molar-refractivity contribution >= 4 is 23.0 Å². The average Bonchev–Trinajstić information content (AvgIpc) is 2.66. The minimum atomic E-state index is -1.10. The van der Waals surface area contributed by atoms with Gasteiger partial charge in [0, 0.05) is 11.8 Å². The molecule has 0 radical (unpaired) electrons. The third kappa shape index (κ3) is 2.33. The monoisotopic (exact) mass is 271 g/mol. The van der Waals surface area contributed by atoms with Crippen LogP contribution in [0.1, 0.15) is 5.76 Å². The summed E-state index contributed by atoms with van der Waals surface area (Å²) in [7, 11) is 0. The second kappa shape index (κ2) is 4.73. The molecule has 0 spiro atoms. The van der Waals surface area contributed by atoms with Gasteiger partial charge in [-0.1, -0.05) is 11.8 Å². The van der Waals surface area contributed by atoms with Crippen LogP contribution in [0.4, 0.5) is 4.79 Å². The van der Waals surface area contributed by atoms with Gasteiger partial charge in [-0.25, -0.2) is 4.79 Å². The fourth-order valence-corrected chi connectivity index (χ4v) is 2.50. The molecule has 1 saturated heterocycles. The number of rotatable bonds is 3. The molecule has 0 saturated carbocycles. The van der Waals surface area contributed by atoms with Crippen LogP contribution < -0.4 is 5.43 Å². The Morgan fingerprint density at radius 3 is 2.89 bits per heavy atom. The van der Waals surface area contributed by atoms with Gasteiger partial charge in [0.25, 0.3) is 5.24 Å². The highest BCUT2D eigenvalue weighted by atomic mass is 32.2. The maximum Gasteiger partial charge on any atom is 0.327 e. The van der Waals surface area contributed by atoms with E-state index in [-0.39, 0.29) is 23.3 Å². The summed E-state index contributed by atoms with van der Waals surface area (Å²) in [5, 5.41) is 17.6. The summed E-state index contributed by atoms with van der Waals surface area (Å²) in [5.74, 6) is -1.35. The number of carboxylic acids is 1. The summed E-state index contributed by atoms with van der Waals surface area (Å²) in [6.45, 7) is -0.113. The Balaban J connectivity index is 2.21. The zero-order valence-corrected chi connectivity index (χ0v) is 9.85. The third-order valence-electron chi connectivity index (χ3n) is 2.45. The standard InChI is InChI=1S/C10H9NO6S/c12-7-1-5(17-3-8(7)13)2-11-6(9(14)15)4-18-10(11)16/h1,3,6,13H,2,4H2,(H,14,15). The van der Waals surface area contributed by atoms with E-state index in [1.54, 1.807) is 0 Å². The van der Waals surface area contributed by atoms with Gasteiger partial charge in [-0.15, -0.1) is 0 Å². The molecule has 7 nitrogen and oxygen atoms in total. The number of amides is 1. The molecule has 1 aliphatic heterocycles. The number of thioether (sulfide) groups is 1. The first-order valence-corrected chi connectivity index (χ1v) is 5.94. The number of nitrogens with zero attached hydrogens (tertiary/aromatic N) is 1. The molecule has 18 heavy (non-hydrogen) atoms. The summed E-state index contributed by atoms with van der Waals surface area (Å²) in [4.78, 5) is 34.7. The molecule has 96 valence electrons. The van der Waals surface area contributed by atoms with Gasteiger partial charge >= 0.3 is 5.97 Å². The van der Waals surface area contributed by atoms with E-state index in [0.29, 0.717) is 0 Å². The Labute approximate surface area is 105 Å². The molecule has 0 bridgehead atoms. The third-order valence-corrected chi connectivity index (χ3v) is 3.42. The predicted octanol–water partition coefficient (Wildman–Crippen LogP) is 0.467. The van der Waals surface area contributed by atoms with Crippen molar-refractivity contribution in [3.8, 4) is 5.75 Å². The molecule has 8 heteroatoms. The fourth-order valence-electron chi connectivity index (χ4n) is 1.52. The normalized spacial score (nSPS) is 19.2. The summed E-state index contributed by atoms with van der Waals surface area (Å²) in [6, 6.07) is 0.103. The molecule has 2 heterocycles. The van der Waals surface area contributed by atoms with Gasteiger partial charge in [-0.3, -0.25) is 9.59 Å². The van der Waals surface area contributed by atoms with Crippen molar-refractivity contribution in [2.45, 2.75) is 12.6 Å². The molecule has 1 aromatic rings. The van der Waals surface area contributed by atoms with Gasteiger partial charge in [-0.2, -0.15) is 0 Å². The van der Waals surface area contributed by atoms with Crippen LogP contribution >= 0.6 is 11.8 Å². The van der Waals surface area contributed by atoms with E-state index in [1.807, 2.05) is 0 Å². The van der Waals surface area contributed by atoms with Crippen LogP contribution in [-0.4, -0.2) is 38.1 Å². The Bertz CT molecular complexity index is 554. The summed E-state index contributed by atoms with van der Waals surface area (Å²) >= 11 is 0.905. The van der Waals surface area contributed by atoms with E-state index in [4.69, 9.17) is 14.6 Å². The Kier molecular flexibility index (Phi) is 3.28. The van der Waals surface area contributed by atoms with Crippen LogP contribution in [0.25, 0.3) is 0 Å². The minimum absolute atomic E-state index is 0.113. The van der Waals surface area contributed by atoms with Crippen LogP contribution in [0.5, 0.6) is 5.75 Å². The fraction of sp³-hybridized carbons (Fsp3) is 0.300. The zero-order valence-electron chi connectivity index (χ0n) is 9.03. The Morgan fingerprint density at radius 2 is 2.28 bits per heavy atom. The van der Waals surface area contributed by atoms with Crippen LogP contribution in [0.2, 0.25) is 0 Å². The number of carbonyl (C=O) groups is 2. The molecular formula is C10H9NO6S. The molecule has 0 aromatic carbocycles. The van der Waals surface area contributed by atoms with E-state index < -0.39 is 23.2 Å². The number of aromatic hydroxyl groups is 1. The van der Waals surface area contributed by atoms with Crippen molar-refractivity contribution in [2.75, 3.05) is 5.75 Å². The number of hydrogen-bond donors (Lipinski definition) is 2. The van der Waals surface area contributed by atoms with Gasteiger partial charge in [0.15, 0.2) is 5.75 Å². The molecule has 1 amide bonds. The summed E-state index contributed by atoms with van der Waals surface area (Å²) in [6.07, 6.45) is 0.862. The highest BCUT2D eigenvalue weighted by Gasteiger charge is 2.37. The second-order valence-electron chi connectivity index (χ2n) is 3.65. The summed E-state index contributed by atoms with van der Waals surface area (Å²) in [5.41, 5.74) is -0.637. The van der Waals surface area contributed by atoms with E-state index in [1.165, 1.54) is 0 Å². The lowest BCUT2D eigenvalue weighted by Gasteiger charge is -2.19. The van der Waals surface area contributed by atoms with Crippen molar-refractivity contribution in [1.82, 2.24) is 4.90 Å². The molecular weight excluding hydrogens is 262 g/mol. The van der Waals surface area contributed by atoms with E-state index in [2.05, 4.69) is 0 Å². The highest BCUT2D eigenvalue weighted by Crippen LogP contribution is 2.25. The van der Waals surface area contributed by atoms with Gasteiger partial charge < -0.3 is 19.5 Å². The lowest BCUT2D eigenvalue weighted by Crippen LogP contribution is -2.38. The van der Waals surface area contributed by atoms with Crippen molar-refractivity contribution in [3.05, 3.63) is 28.3 Å². The van der Waals surface area contributed by atoms with E-state index in [9.17, 15) is 14.4 Å². The number of hydrogen-bond acceptors (Lipinski definition) is 6. The van der Waals surface area contributed by atoms with E-state index in [0.717, 1.165) is 29.0 Å². The Morgan fingerprint density at radius 1 is 1.56 bits per heavy atom. The van der Waals surface area contributed by atoms with Crippen LogP contribution in [-0.2, 0) is 11.3 Å². The quantitative estimate of drug-likeness (QED) is 0.822. The lowest BCUT2D eigenvalue weighted by molar-refractivity contribution is -0.141. The first kappa shape index (κ1) is 12.5. The van der Waals surface area contributed by atoms with Crippen LogP contribution in [0, 0.1) is 0 Å². The molecule has 2 N–H and O–H groups in total. The minimum Gasteiger partial charge on any atom is -0.502 e. The van der Waals surface area contributed by atoms with Gasteiger partial charge in [-0.05, 0) is 0 Å². The van der Waals surface area contributed by atoms with Crippen molar-refractivity contribution in [3.63, 3.8) is 0 Å². The molecule has 1 unspecified atom stereocenters. The molecule has 1 aliphatic rings. The number of carbonyl (C=O) groups excluding carboxylic acids is 1. The molecule has 2 rings (SSSR count). The van der Waals surface area contributed by atoms with Crippen molar-refractivity contribution in [1.29, 1.82) is 0 Å². The molecule has 0 aliphatic carbocycles. The number of carboxylic acid groups (broad SMARTS) is 1. The number of aliphatic carboxylic acids is 1. The SMILES string of the molecule is O=C(O)C1CSC(=O)N1Cc1cc(=O)c(O)co1. The lowest BCUT2D eigenvalue weighted by atomic mass is 10.2. The first-order chi connectivity index (χ1) is 8.49. The summed E-state index contributed by atoms with van der Waals surface area (Å²) < 4.78 is 4.93.